The molecule has 24 heavy (non-hydrogen) atoms. The van der Waals surface area contributed by atoms with Crippen molar-refractivity contribution < 1.29 is 8.83 Å². The quantitative estimate of drug-likeness (QED) is 0.422. The van der Waals surface area contributed by atoms with Crippen molar-refractivity contribution in [1.29, 1.82) is 0 Å². The highest BCUT2D eigenvalue weighted by Gasteiger charge is 2.14. The summed E-state index contributed by atoms with van der Waals surface area (Å²) < 4.78 is 11.3. The van der Waals surface area contributed by atoms with E-state index in [9.17, 15) is 4.79 Å². The van der Waals surface area contributed by atoms with Crippen LogP contribution in [0.4, 0.5) is 0 Å². The van der Waals surface area contributed by atoms with Gasteiger partial charge in [0, 0.05) is 27.4 Å². The SMILES string of the molecule is CC(C)c1ccc2oc(=O)cc(-c3cc4cc(Cl)ccc4o3)c2c1. The van der Waals surface area contributed by atoms with Gasteiger partial charge in [-0.05, 0) is 47.9 Å². The molecule has 0 radical (unpaired) electrons. The standard InChI is InChI=1S/C20H15ClO3/c1-11(2)12-3-5-18-15(8-12)16(10-20(22)24-18)19-9-13-7-14(21)4-6-17(13)23-19/h3-11H,1-2H3. The fraction of sp³-hybridized carbons (Fsp3) is 0.150. The molecule has 0 saturated carbocycles. The maximum absolute atomic E-state index is 11.9. The Morgan fingerprint density at radius 3 is 2.50 bits per heavy atom. The number of hydrogen-bond donors (Lipinski definition) is 0. The van der Waals surface area contributed by atoms with E-state index in [4.69, 9.17) is 20.4 Å². The molecule has 0 aliphatic carbocycles. The summed E-state index contributed by atoms with van der Waals surface area (Å²) in [7, 11) is 0. The smallest absolute Gasteiger partial charge is 0.336 e. The van der Waals surface area contributed by atoms with Crippen LogP contribution < -0.4 is 5.63 Å². The molecule has 120 valence electrons. The van der Waals surface area contributed by atoms with E-state index in [2.05, 4.69) is 19.9 Å². The van der Waals surface area contributed by atoms with Crippen LogP contribution in [0.3, 0.4) is 0 Å². The first-order valence-corrected chi connectivity index (χ1v) is 8.16. The summed E-state index contributed by atoms with van der Waals surface area (Å²) in [5.74, 6) is 1.01. The normalized spacial score (nSPS) is 11.7. The minimum Gasteiger partial charge on any atom is -0.456 e. The molecular formula is C20H15ClO3. The molecule has 0 amide bonds. The Kier molecular flexibility index (Phi) is 3.47. The number of fused-ring (bicyclic) bond motifs is 2. The van der Waals surface area contributed by atoms with Crippen LogP contribution in [-0.2, 0) is 0 Å². The minimum absolute atomic E-state index is 0.378. The molecule has 4 heteroatoms. The third-order valence-electron chi connectivity index (χ3n) is 4.18. The van der Waals surface area contributed by atoms with Crippen LogP contribution in [0.1, 0.15) is 25.3 Å². The van der Waals surface area contributed by atoms with Gasteiger partial charge in [-0.3, -0.25) is 0 Å². The number of benzene rings is 2. The highest BCUT2D eigenvalue weighted by molar-refractivity contribution is 6.31. The van der Waals surface area contributed by atoms with Crippen molar-refractivity contribution >= 4 is 33.5 Å². The third-order valence-corrected chi connectivity index (χ3v) is 4.41. The van der Waals surface area contributed by atoms with Gasteiger partial charge in [-0.15, -0.1) is 0 Å². The molecule has 0 aliphatic rings. The van der Waals surface area contributed by atoms with Gasteiger partial charge in [0.2, 0.25) is 0 Å². The second-order valence-electron chi connectivity index (χ2n) is 6.18. The van der Waals surface area contributed by atoms with Gasteiger partial charge in [0.05, 0.1) is 0 Å². The van der Waals surface area contributed by atoms with Crippen molar-refractivity contribution in [3.05, 3.63) is 69.5 Å². The van der Waals surface area contributed by atoms with Crippen LogP contribution >= 0.6 is 11.6 Å². The summed E-state index contributed by atoms with van der Waals surface area (Å²) in [6, 6.07) is 14.7. The second-order valence-corrected chi connectivity index (χ2v) is 6.62. The van der Waals surface area contributed by atoms with Crippen molar-refractivity contribution in [2.45, 2.75) is 19.8 Å². The lowest BCUT2D eigenvalue weighted by Gasteiger charge is -2.08. The zero-order chi connectivity index (χ0) is 16.8. The summed E-state index contributed by atoms with van der Waals surface area (Å²) >= 11 is 6.04. The summed E-state index contributed by atoms with van der Waals surface area (Å²) in [6.07, 6.45) is 0. The van der Waals surface area contributed by atoms with Crippen LogP contribution in [0.25, 0.3) is 33.3 Å². The van der Waals surface area contributed by atoms with Gasteiger partial charge in [-0.25, -0.2) is 4.79 Å². The number of halogens is 1. The van der Waals surface area contributed by atoms with Gasteiger partial charge < -0.3 is 8.83 Å². The fourth-order valence-electron chi connectivity index (χ4n) is 2.89. The number of rotatable bonds is 2. The summed E-state index contributed by atoms with van der Waals surface area (Å²) in [5, 5.41) is 2.42. The Morgan fingerprint density at radius 1 is 0.917 bits per heavy atom. The van der Waals surface area contributed by atoms with Crippen LogP contribution in [0, 0.1) is 0 Å². The molecule has 2 aromatic carbocycles. The molecule has 0 bridgehead atoms. The number of hydrogen-bond acceptors (Lipinski definition) is 3. The lowest BCUT2D eigenvalue weighted by atomic mass is 9.99. The average Bonchev–Trinajstić information content (AvgIpc) is 2.96. The van der Waals surface area contributed by atoms with E-state index in [0.29, 0.717) is 22.3 Å². The van der Waals surface area contributed by atoms with E-state index >= 15 is 0 Å². The molecule has 0 atom stereocenters. The van der Waals surface area contributed by atoms with Crippen molar-refractivity contribution in [3.8, 4) is 11.3 Å². The van der Waals surface area contributed by atoms with E-state index in [1.807, 2.05) is 30.3 Å². The van der Waals surface area contributed by atoms with Gasteiger partial charge in [0.15, 0.2) is 0 Å². The van der Waals surface area contributed by atoms with Gasteiger partial charge >= 0.3 is 5.63 Å². The van der Waals surface area contributed by atoms with Gasteiger partial charge in [0.25, 0.3) is 0 Å². The zero-order valence-corrected chi connectivity index (χ0v) is 14.1. The molecule has 2 heterocycles. The first-order valence-electron chi connectivity index (χ1n) is 7.78. The topological polar surface area (TPSA) is 43.4 Å². The predicted octanol–water partition coefficient (Wildman–Crippen LogP) is 5.98. The summed E-state index contributed by atoms with van der Waals surface area (Å²) in [6.45, 7) is 4.26. The highest BCUT2D eigenvalue weighted by Crippen LogP contribution is 2.34. The third kappa shape index (κ3) is 2.51. The van der Waals surface area contributed by atoms with E-state index in [1.165, 1.54) is 11.6 Å². The molecule has 0 spiro atoms. The Morgan fingerprint density at radius 2 is 1.71 bits per heavy atom. The van der Waals surface area contributed by atoms with Gasteiger partial charge in [-0.1, -0.05) is 31.5 Å². The number of furan rings is 1. The monoisotopic (exact) mass is 338 g/mol. The fourth-order valence-corrected chi connectivity index (χ4v) is 3.07. The lowest BCUT2D eigenvalue weighted by Crippen LogP contribution is -1.98. The van der Waals surface area contributed by atoms with E-state index < -0.39 is 5.63 Å². The first kappa shape index (κ1) is 15.0. The summed E-state index contributed by atoms with van der Waals surface area (Å²) in [5.41, 5.74) is 2.80. The van der Waals surface area contributed by atoms with Crippen molar-refractivity contribution in [3.63, 3.8) is 0 Å². The predicted molar refractivity (Wildman–Crippen MR) is 96.8 cm³/mol. The largest absolute Gasteiger partial charge is 0.456 e. The molecular weight excluding hydrogens is 324 g/mol. The second kappa shape index (κ2) is 5.53. The van der Waals surface area contributed by atoms with Crippen LogP contribution in [0.5, 0.6) is 0 Å². The molecule has 0 fully saturated rings. The van der Waals surface area contributed by atoms with Gasteiger partial charge in [0.1, 0.15) is 16.9 Å². The Labute approximate surface area is 143 Å². The van der Waals surface area contributed by atoms with E-state index in [1.54, 1.807) is 6.07 Å². The lowest BCUT2D eigenvalue weighted by molar-refractivity contribution is 0.559. The summed E-state index contributed by atoms with van der Waals surface area (Å²) in [4.78, 5) is 11.9. The minimum atomic E-state index is -0.395. The zero-order valence-electron chi connectivity index (χ0n) is 13.3. The van der Waals surface area contributed by atoms with E-state index in [0.717, 1.165) is 21.9 Å². The Hall–Kier alpha value is -2.52. The molecule has 4 aromatic rings. The van der Waals surface area contributed by atoms with E-state index in [-0.39, 0.29) is 0 Å². The maximum atomic E-state index is 11.9. The molecule has 0 saturated heterocycles. The van der Waals surface area contributed by atoms with Crippen LogP contribution in [0.2, 0.25) is 5.02 Å². The molecule has 0 N–H and O–H groups in total. The van der Waals surface area contributed by atoms with Crippen LogP contribution in [0.15, 0.2) is 62.2 Å². The first-order chi connectivity index (χ1) is 11.5. The molecule has 2 aromatic heterocycles. The van der Waals surface area contributed by atoms with Crippen LogP contribution in [-0.4, -0.2) is 0 Å². The molecule has 0 unspecified atom stereocenters. The molecule has 0 aliphatic heterocycles. The van der Waals surface area contributed by atoms with Gasteiger partial charge in [-0.2, -0.15) is 0 Å². The average molecular weight is 339 g/mol. The molecule has 4 rings (SSSR count). The molecule has 3 nitrogen and oxygen atoms in total. The highest BCUT2D eigenvalue weighted by atomic mass is 35.5. The van der Waals surface area contributed by atoms with Crippen molar-refractivity contribution in [2.24, 2.45) is 0 Å². The van der Waals surface area contributed by atoms with Crippen molar-refractivity contribution in [1.82, 2.24) is 0 Å². The van der Waals surface area contributed by atoms with Crippen molar-refractivity contribution in [2.75, 3.05) is 0 Å². The Balaban J connectivity index is 2.02. The maximum Gasteiger partial charge on any atom is 0.336 e. The Bertz CT molecular complexity index is 1120.